The third-order valence-electron chi connectivity index (χ3n) is 5.12. The van der Waals surface area contributed by atoms with Crippen molar-refractivity contribution in [2.24, 2.45) is 0 Å². The summed E-state index contributed by atoms with van der Waals surface area (Å²) in [4.78, 5) is 37.5. The van der Waals surface area contributed by atoms with E-state index in [1.165, 1.54) is 37.1 Å². The lowest BCUT2D eigenvalue weighted by atomic mass is 10.1. The molecule has 2 aromatic rings. The lowest BCUT2D eigenvalue weighted by Gasteiger charge is -2.31. The second-order valence-corrected chi connectivity index (χ2v) is 10.3. The molecule has 2 amide bonds. The van der Waals surface area contributed by atoms with Crippen LogP contribution in [0.5, 0.6) is 0 Å². The average Bonchev–Trinajstić information content (AvgIpc) is 2.75. The summed E-state index contributed by atoms with van der Waals surface area (Å²) in [5.41, 5.74) is 0.565. The molecular formula is C21H24Cl2N4O6S. The van der Waals surface area contributed by atoms with Crippen LogP contribution in [0.3, 0.4) is 0 Å². The van der Waals surface area contributed by atoms with Crippen molar-refractivity contribution in [3.8, 4) is 0 Å². The molecule has 0 aliphatic heterocycles. The smallest absolute Gasteiger partial charge is 0.271 e. The normalized spacial score (nSPS) is 12.1. The number of carbonyl (C=O) groups excluding carboxylic acids is 2. The fourth-order valence-corrected chi connectivity index (χ4v) is 4.57. The molecule has 0 spiro atoms. The monoisotopic (exact) mass is 530 g/mol. The number of amides is 2. The molecule has 0 aliphatic rings. The molecule has 0 aromatic heterocycles. The number of benzene rings is 2. The largest absolute Gasteiger partial charge is 0.357 e. The lowest BCUT2D eigenvalue weighted by Crippen LogP contribution is -2.50. The van der Waals surface area contributed by atoms with Crippen molar-refractivity contribution in [2.45, 2.75) is 26.4 Å². The second kappa shape index (κ2) is 11.0. The minimum atomic E-state index is -4.03. The van der Waals surface area contributed by atoms with E-state index < -0.39 is 39.3 Å². The Hall–Kier alpha value is -2.89. The Morgan fingerprint density at radius 1 is 1.18 bits per heavy atom. The minimum absolute atomic E-state index is 0.0119. The highest BCUT2D eigenvalue weighted by Crippen LogP contribution is 2.28. The van der Waals surface area contributed by atoms with Gasteiger partial charge in [-0.3, -0.25) is 24.0 Å². The first-order valence-electron chi connectivity index (χ1n) is 9.94. The van der Waals surface area contributed by atoms with Crippen LogP contribution in [0.15, 0.2) is 36.4 Å². The number of nitro benzene ring substituents is 1. The van der Waals surface area contributed by atoms with Gasteiger partial charge in [-0.15, -0.1) is 0 Å². The second-order valence-electron chi connectivity index (χ2n) is 7.55. The molecule has 1 atom stereocenters. The van der Waals surface area contributed by atoms with Crippen molar-refractivity contribution in [1.82, 2.24) is 10.2 Å². The summed E-state index contributed by atoms with van der Waals surface area (Å²) >= 11 is 12.2. The number of likely N-dealkylation sites (N-methyl/N-ethyl adjacent to an activating group) is 1. The van der Waals surface area contributed by atoms with Crippen LogP contribution in [0.2, 0.25) is 10.0 Å². The van der Waals surface area contributed by atoms with Crippen LogP contribution in [-0.4, -0.2) is 55.9 Å². The molecule has 0 aliphatic carbocycles. The first-order valence-corrected chi connectivity index (χ1v) is 12.5. The van der Waals surface area contributed by atoms with Gasteiger partial charge in [0.25, 0.3) is 5.69 Å². The molecule has 2 rings (SSSR count). The van der Waals surface area contributed by atoms with E-state index >= 15 is 0 Å². The van der Waals surface area contributed by atoms with Gasteiger partial charge in [-0.25, -0.2) is 8.42 Å². The van der Waals surface area contributed by atoms with Gasteiger partial charge in [0.05, 0.1) is 16.9 Å². The molecular weight excluding hydrogens is 507 g/mol. The van der Waals surface area contributed by atoms with Gasteiger partial charge in [0, 0.05) is 35.8 Å². The molecule has 1 N–H and O–H groups in total. The highest BCUT2D eigenvalue weighted by atomic mass is 35.5. The molecule has 2 aromatic carbocycles. The summed E-state index contributed by atoms with van der Waals surface area (Å²) in [6.07, 6.45) is 0.890. The van der Waals surface area contributed by atoms with Crippen LogP contribution in [-0.2, 0) is 26.2 Å². The van der Waals surface area contributed by atoms with Crippen molar-refractivity contribution in [1.29, 1.82) is 0 Å². The van der Waals surface area contributed by atoms with E-state index in [1.54, 1.807) is 19.1 Å². The Balaban J connectivity index is 2.50. The highest BCUT2D eigenvalue weighted by molar-refractivity contribution is 7.92. The van der Waals surface area contributed by atoms with E-state index in [0.717, 1.165) is 16.6 Å². The summed E-state index contributed by atoms with van der Waals surface area (Å²) in [5, 5.41) is 14.3. The Morgan fingerprint density at radius 3 is 2.35 bits per heavy atom. The van der Waals surface area contributed by atoms with E-state index in [9.17, 15) is 28.1 Å². The predicted molar refractivity (Wildman–Crippen MR) is 131 cm³/mol. The van der Waals surface area contributed by atoms with E-state index in [-0.39, 0.29) is 22.9 Å². The van der Waals surface area contributed by atoms with Gasteiger partial charge >= 0.3 is 0 Å². The summed E-state index contributed by atoms with van der Waals surface area (Å²) in [6, 6.07) is 7.41. The van der Waals surface area contributed by atoms with Gasteiger partial charge in [0.15, 0.2) is 0 Å². The molecule has 10 nitrogen and oxygen atoms in total. The average molecular weight is 531 g/mol. The summed E-state index contributed by atoms with van der Waals surface area (Å²) in [6.45, 7) is 2.27. The molecule has 0 unspecified atom stereocenters. The van der Waals surface area contributed by atoms with Crippen molar-refractivity contribution in [2.75, 3.05) is 24.2 Å². The number of nitro groups is 1. The quantitative estimate of drug-likeness (QED) is 0.391. The number of carbonyl (C=O) groups is 2. The third kappa shape index (κ3) is 6.58. The zero-order chi connectivity index (χ0) is 25.8. The van der Waals surface area contributed by atoms with Gasteiger partial charge in [-0.2, -0.15) is 0 Å². The minimum Gasteiger partial charge on any atom is -0.357 e. The van der Waals surface area contributed by atoms with Crippen molar-refractivity contribution in [3.63, 3.8) is 0 Å². The Labute approximate surface area is 207 Å². The predicted octanol–water partition coefficient (Wildman–Crippen LogP) is 3.14. The number of hydrogen-bond acceptors (Lipinski definition) is 6. The molecule has 0 saturated heterocycles. The first kappa shape index (κ1) is 27.4. The van der Waals surface area contributed by atoms with Crippen LogP contribution in [0.1, 0.15) is 18.1 Å². The Kier molecular flexibility index (Phi) is 8.87. The van der Waals surface area contributed by atoms with Crippen LogP contribution in [0.4, 0.5) is 11.4 Å². The highest BCUT2D eigenvalue weighted by Gasteiger charge is 2.31. The molecule has 0 saturated carbocycles. The van der Waals surface area contributed by atoms with Crippen molar-refractivity contribution < 1.29 is 22.9 Å². The molecule has 184 valence electrons. The Morgan fingerprint density at radius 2 is 1.82 bits per heavy atom. The molecule has 13 heteroatoms. The summed E-state index contributed by atoms with van der Waals surface area (Å²) in [5.74, 6) is -1.19. The number of halogens is 2. The number of sulfonamides is 1. The Bertz CT molecular complexity index is 1220. The molecule has 0 fully saturated rings. The number of rotatable bonds is 9. The first-order chi connectivity index (χ1) is 15.8. The van der Waals surface area contributed by atoms with Gasteiger partial charge < -0.3 is 10.2 Å². The molecule has 34 heavy (non-hydrogen) atoms. The third-order valence-corrected chi connectivity index (χ3v) is 6.83. The van der Waals surface area contributed by atoms with Gasteiger partial charge in [-0.05, 0) is 37.1 Å². The lowest BCUT2D eigenvalue weighted by molar-refractivity contribution is -0.384. The number of hydrogen-bond donors (Lipinski definition) is 1. The maximum absolute atomic E-state index is 13.4. The molecule has 0 radical (unpaired) electrons. The molecule has 0 bridgehead atoms. The standard InChI is InChI=1S/C21H24Cl2N4O6S/c1-13-5-8-17(27(30)31)10-19(13)26(34(4,32)33)12-20(28)25(14(2)21(29)24-3)11-15-6-7-16(22)9-18(15)23/h5-10,14H,11-12H2,1-4H3,(H,24,29)/t14-/m1/s1. The van der Waals surface area contributed by atoms with E-state index in [2.05, 4.69) is 5.32 Å². The maximum Gasteiger partial charge on any atom is 0.271 e. The topological polar surface area (TPSA) is 130 Å². The summed E-state index contributed by atoms with van der Waals surface area (Å²) < 4.78 is 26.0. The van der Waals surface area contributed by atoms with Crippen molar-refractivity contribution >= 4 is 56.4 Å². The van der Waals surface area contributed by atoms with E-state index in [1.807, 2.05) is 0 Å². The van der Waals surface area contributed by atoms with Crippen LogP contribution < -0.4 is 9.62 Å². The van der Waals surface area contributed by atoms with Crippen LogP contribution in [0, 0.1) is 17.0 Å². The van der Waals surface area contributed by atoms with Gasteiger partial charge in [0.1, 0.15) is 12.6 Å². The fourth-order valence-electron chi connectivity index (χ4n) is 3.20. The zero-order valence-corrected chi connectivity index (χ0v) is 21.2. The van der Waals surface area contributed by atoms with E-state index in [0.29, 0.717) is 16.1 Å². The number of aryl methyl sites for hydroxylation is 1. The fraction of sp³-hybridized carbons (Fsp3) is 0.333. The SMILES string of the molecule is CNC(=O)[C@@H](C)N(Cc1ccc(Cl)cc1Cl)C(=O)CN(c1cc([N+](=O)[O-])ccc1C)S(C)(=O)=O. The van der Waals surface area contributed by atoms with Crippen LogP contribution in [0.25, 0.3) is 0 Å². The van der Waals surface area contributed by atoms with E-state index in [4.69, 9.17) is 23.2 Å². The van der Waals surface area contributed by atoms with Crippen molar-refractivity contribution in [3.05, 3.63) is 67.7 Å². The maximum atomic E-state index is 13.4. The van der Waals surface area contributed by atoms with Gasteiger partial charge in [-0.1, -0.05) is 35.3 Å². The summed E-state index contributed by atoms with van der Waals surface area (Å²) in [7, 11) is -2.62. The number of anilines is 1. The number of nitrogens with one attached hydrogen (secondary N) is 1. The zero-order valence-electron chi connectivity index (χ0n) is 18.9. The molecule has 0 heterocycles. The number of non-ortho nitro benzene ring substituents is 1. The van der Waals surface area contributed by atoms with Gasteiger partial charge in [0.2, 0.25) is 21.8 Å². The number of nitrogens with zero attached hydrogens (tertiary/aromatic N) is 3. The van der Waals surface area contributed by atoms with Crippen LogP contribution >= 0.6 is 23.2 Å².